The van der Waals surface area contributed by atoms with Crippen LogP contribution in [0.25, 0.3) is 0 Å². The fourth-order valence-electron chi connectivity index (χ4n) is 0.989. The van der Waals surface area contributed by atoms with Gasteiger partial charge in [0, 0.05) is 19.8 Å². The predicted molar refractivity (Wildman–Crippen MR) is 59.7 cm³/mol. The van der Waals surface area contributed by atoms with Gasteiger partial charge in [-0.25, -0.2) is 0 Å². The van der Waals surface area contributed by atoms with Crippen molar-refractivity contribution < 1.29 is 14.3 Å². The smallest absolute Gasteiger partial charge is 0.249 e. The number of hydrogen-bond acceptors (Lipinski definition) is 3. The summed E-state index contributed by atoms with van der Waals surface area (Å²) in [5.74, 6) is 0.420. The lowest BCUT2D eigenvalue weighted by Crippen LogP contribution is -2.41. The molecule has 0 saturated heterocycles. The van der Waals surface area contributed by atoms with E-state index in [4.69, 9.17) is 9.47 Å². The molecule has 0 aromatic heterocycles. The van der Waals surface area contributed by atoms with Crippen LogP contribution < -0.4 is 5.32 Å². The van der Waals surface area contributed by atoms with E-state index in [2.05, 4.69) is 19.2 Å². The number of carbonyl (C=O) groups excluding carboxylic acids is 1. The van der Waals surface area contributed by atoms with Crippen molar-refractivity contribution in [3.05, 3.63) is 0 Å². The summed E-state index contributed by atoms with van der Waals surface area (Å²) in [7, 11) is 1.52. The van der Waals surface area contributed by atoms with Gasteiger partial charge in [-0.3, -0.25) is 4.79 Å². The molecule has 0 saturated carbocycles. The fourth-order valence-corrected chi connectivity index (χ4v) is 0.989. The molecular weight excluding hydrogens is 194 g/mol. The molecule has 0 fully saturated rings. The van der Waals surface area contributed by atoms with Gasteiger partial charge in [0.15, 0.2) is 0 Å². The molecule has 0 bridgehead atoms. The summed E-state index contributed by atoms with van der Waals surface area (Å²) >= 11 is 0. The van der Waals surface area contributed by atoms with Gasteiger partial charge in [-0.15, -0.1) is 0 Å². The van der Waals surface area contributed by atoms with Crippen molar-refractivity contribution in [3.63, 3.8) is 0 Å². The number of hydrogen-bond donors (Lipinski definition) is 1. The zero-order valence-corrected chi connectivity index (χ0v) is 10.4. The number of ether oxygens (including phenoxy) is 2. The van der Waals surface area contributed by atoms with Crippen molar-refractivity contribution in [2.24, 2.45) is 5.92 Å². The highest BCUT2D eigenvalue weighted by Crippen LogP contribution is 1.95. The number of methoxy groups -OCH3 is 1. The van der Waals surface area contributed by atoms with Gasteiger partial charge >= 0.3 is 0 Å². The van der Waals surface area contributed by atoms with E-state index < -0.39 is 6.10 Å². The van der Waals surface area contributed by atoms with Gasteiger partial charge in [-0.2, -0.15) is 0 Å². The second kappa shape index (κ2) is 7.65. The third kappa shape index (κ3) is 7.33. The standard InChI is InChI=1S/C11H23NO3/c1-8(2)6-15-7-9(3)12-11(13)10(4)14-5/h8-10H,6-7H2,1-5H3,(H,12,13)/t9-,10+/m1/s1. The molecule has 0 rings (SSSR count). The van der Waals surface area contributed by atoms with Crippen molar-refractivity contribution in [2.75, 3.05) is 20.3 Å². The van der Waals surface area contributed by atoms with Crippen LogP contribution in [-0.4, -0.2) is 38.4 Å². The lowest BCUT2D eigenvalue weighted by Gasteiger charge is -2.17. The van der Waals surface area contributed by atoms with E-state index in [-0.39, 0.29) is 11.9 Å². The molecule has 0 aliphatic heterocycles. The van der Waals surface area contributed by atoms with Crippen LogP contribution in [-0.2, 0) is 14.3 Å². The van der Waals surface area contributed by atoms with Gasteiger partial charge in [-0.1, -0.05) is 13.8 Å². The minimum Gasteiger partial charge on any atom is -0.379 e. The molecule has 15 heavy (non-hydrogen) atoms. The molecule has 1 amide bonds. The Morgan fingerprint density at radius 1 is 1.20 bits per heavy atom. The number of nitrogens with one attached hydrogen (secondary N) is 1. The molecule has 0 unspecified atom stereocenters. The first kappa shape index (κ1) is 14.4. The minimum absolute atomic E-state index is 0.0221. The maximum absolute atomic E-state index is 11.4. The molecule has 0 aliphatic rings. The van der Waals surface area contributed by atoms with E-state index in [0.717, 1.165) is 6.61 Å². The summed E-state index contributed by atoms with van der Waals surface area (Å²) in [6.07, 6.45) is -0.405. The second-order valence-electron chi connectivity index (χ2n) is 4.22. The lowest BCUT2D eigenvalue weighted by atomic mass is 10.2. The van der Waals surface area contributed by atoms with E-state index in [1.807, 2.05) is 6.92 Å². The van der Waals surface area contributed by atoms with Gasteiger partial charge in [-0.05, 0) is 19.8 Å². The van der Waals surface area contributed by atoms with Gasteiger partial charge in [0.1, 0.15) is 6.10 Å². The minimum atomic E-state index is -0.405. The number of amides is 1. The van der Waals surface area contributed by atoms with Crippen LogP contribution in [0.1, 0.15) is 27.7 Å². The van der Waals surface area contributed by atoms with Crippen LogP contribution in [0.5, 0.6) is 0 Å². The molecule has 4 heteroatoms. The largest absolute Gasteiger partial charge is 0.379 e. The van der Waals surface area contributed by atoms with Crippen LogP contribution in [0.4, 0.5) is 0 Å². The van der Waals surface area contributed by atoms with Crippen molar-refractivity contribution in [1.82, 2.24) is 5.32 Å². The topological polar surface area (TPSA) is 47.6 Å². The second-order valence-corrected chi connectivity index (χ2v) is 4.22. The molecule has 0 heterocycles. The SMILES string of the molecule is CO[C@@H](C)C(=O)N[C@H](C)COCC(C)C. The Morgan fingerprint density at radius 2 is 1.80 bits per heavy atom. The molecule has 0 radical (unpaired) electrons. The summed E-state index contributed by atoms with van der Waals surface area (Å²) in [6, 6.07) is 0.0221. The Labute approximate surface area is 92.3 Å². The molecule has 0 aromatic carbocycles. The Morgan fingerprint density at radius 3 is 2.27 bits per heavy atom. The van der Waals surface area contributed by atoms with Crippen molar-refractivity contribution in [3.8, 4) is 0 Å². The van der Waals surface area contributed by atoms with Crippen LogP contribution in [0.2, 0.25) is 0 Å². The van der Waals surface area contributed by atoms with Crippen molar-refractivity contribution in [2.45, 2.75) is 39.8 Å². The van der Waals surface area contributed by atoms with Crippen molar-refractivity contribution in [1.29, 1.82) is 0 Å². The Kier molecular flexibility index (Phi) is 7.34. The Hall–Kier alpha value is -0.610. The fraction of sp³-hybridized carbons (Fsp3) is 0.909. The maximum atomic E-state index is 11.4. The summed E-state index contributed by atoms with van der Waals surface area (Å²) in [5, 5.41) is 2.82. The molecule has 4 nitrogen and oxygen atoms in total. The highest BCUT2D eigenvalue weighted by Gasteiger charge is 2.14. The molecule has 0 aromatic rings. The van der Waals surface area contributed by atoms with Gasteiger partial charge in [0.2, 0.25) is 5.91 Å². The van der Waals surface area contributed by atoms with Crippen LogP contribution in [0.3, 0.4) is 0 Å². The van der Waals surface area contributed by atoms with Gasteiger partial charge < -0.3 is 14.8 Å². The summed E-state index contributed by atoms with van der Waals surface area (Å²) in [6.45, 7) is 9.09. The maximum Gasteiger partial charge on any atom is 0.249 e. The average Bonchev–Trinajstić information content (AvgIpc) is 2.15. The molecule has 1 N–H and O–H groups in total. The predicted octanol–water partition coefficient (Wildman–Crippen LogP) is 1.20. The monoisotopic (exact) mass is 217 g/mol. The highest BCUT2D eigenvalue weighted by atomic mass is 16.5. The van der Waals surface area contributed by atoms with Crippen LogP contribution >= 0.6 is 0 Å². The quantitative estimate of drug-likeness (QED) is 0.697. The summed E-state index contributed by atoms with van der Waals surface area (Å²) in [5.41, 5.74) is 0. The van der Waals surface area contributed by atoms with E-state index in [1.54, 1.807) is 6.92 Å². The van der Waals surface area contributed by atoms with Gasteiger partial charge in [0.05, 0.1) is 6.61 Å². The molecule has 90 valence electrons. The average molecular weight is 217 g/mol. The molecule has 0 aliphatic carbocycles. The van der Waals surface area contributed by atoms with Crippen molar-refractivity contribution >= 4 is 5.91 Å². The van der Waals surface area contributed by atoms with E-state index in [9.17, 15) is 4.79 Å². The normalized spacial score (nSPS) is 15.1. The Bertz CT molecular complexity index is 183. The van der Waals surface area contributed by atoms with Crippen LogP contribution in [0, 0.1) is 5.92 Å². The molecular formula is C11H23NO3. The third-order valence-corrected chi connectivity index (χ3v) is 1.93. The first-order chi connectivity index (χ1) is 6.97. The Balaban J connectivity index is 3.64. The van der Waals surface area contributed by atoms with E-state index in [1.165, 1.54) is 7.11 Å². The lowest BCUT2D eigenvalue weighted by molar-refractivity contribution is -0.131. The number of carbonyl (C=O) groups is 1. The first-order valence-corrected chi connectivity index (χ1v) is 5.38. The third-order valence-electron chi connectivity index (χ3n) is 1.93. The zero-order valence-electron chi connectivity index (χ0n) is 10.4. The van der Waals surface area contributed by atoms with Crippen LogP contribution in [0.15, 0.2) is 0 Å². The van der Waals surface area contributed by atoms with E-state index in [0.29, 0.717) is 12.5 Å². The highest BCUT2D eigenvalue weighted by molar-refractivity contribution is 5.80. The zero-order chi connectivity index (χ0) is 11.8. The molecule has 0 spiro atoms. The molecule has 2 atom stereocenters. The summed E-state index contributed by atoms with van der Waals surface area (Å²) < 4.78 is 10.3. The first-order valence-electron chi connectivity index (χ1n) is 5.38. The number of rotatable bonds is 7. The van der Waals surface area contributed by atoms with E-state index >= 15 is 0 Å². The van der Waals surface area contributed by atoms with Gasteiger partial charge in [0.25, 0.3) is 0 Å². The summed E-state index contributed by atoms with van der Waals surface area (Å²) in [4.78, 5) is 11.4.